The number of halogens is 1. The van der Waals surface area contributed by atoms with E-state index in [1.807, 2.05) is 7.05 Å². The molecule has 1 heterocycles. The van der Waals surface area contributed by atoms with Gasteiger partial charge in [-0.05, 0) is 34.8 Å². The minimum absolute atomic E-state index is 0.608. The molecule has 2 rings (SSSR count). The number of hydrogen-bond donors (Lipinski definition) is 2. The van der Waals surface area contributed by atoms with Crippen molar-refractivity contribution in [3.63, 3.8) is 0 Å². The summed E-state index contributed by atoms with van der Waals surface area (Å²) in [6.45, 7) is 0.836. The molecule has 0 saturated heterocycles. The fourth-order valence-corrected chi connectivity index (χ4v) is 3.47. The SMILES string of the molecule is CN=C(NCc1cc(Br)cs1)NC1CCCC1. The van der Waals surface area contributed by atoms with Crippen LogP contribution in [0.3, 0.4) is 0 Å². The third kappa shape index (κ3) is 4.00. The van der Waals surface area contributed by atoms with E-state index >= 15 is 0 Å². The Morgan fingerprint density at radius 2 is 2.29 bits per heavy atom. The normalized spacial score (nSPS) is 17.4. The molecule has 0 bridgehead atoms. The maximum Gasteiger partial charge on any atom is 0.191 e. The summed E-state index contributed by atoms with van der Waals surface area (Å²) in [5.74, 6) is 0.918. The lowest BCUT2D eigenvalue weighted by Crippen LogP contribution is -2.41. The van der Waals surface area contributed by atoms with Crippen LogP contribution in [-0.2, 0) is 6.54 Å². The van der Waals surface area contributed by atoms with Crippen molar-refractivity contribution in [2.24, 2.45) is 4.99 Å². The van der Waals surface area contributed by atoms with Crippen molar-refractivity contribution in [1.82, 2.24) is 10.6 Å². The minimum Gasteiger partial charge on any atom is -0.354 e. The van der Waals surface area contributed by atoms with Gasteiger partial charge in [0.05, 0.1) is 6.54 Å². The van der Waals surface area contributed by atoms with Gasteiger partial charge in [0.2, 0.25) is 0 Å². The van der Waals surface area contributed by atoms with Crippen LogP contribution in [0.5, 0.6) is 0 Å². The van der Waals surface area contributed by atoms with Gasteiger partial charge in [0, 0.05) is 27.8 Å². The largest absolute Gasteiger partial charge is 0.354 e. The van der Waals surface area contributed by atoms with Gasteiger partial charge in [-0.1, -0.05) is 12.8 Å². The van der Waals surface area contributed by atoms with E-state index in [1.165, 1.54) is 30.6 Å². The second kappa shape index (κ2) is 6.40. The van der Waals surface area contributed by atoms with Gasteiger partial charge in [0.1, 0.15) is 0 Å². The molecule has 0 radical (unpaired) electrons. The Morgan fingerprint density at radius 1 is 1.53 bits per heavy atom. The number of thiophene rings is 1. The molecule has 0 aromatic carbocycles. The fourth-order valence-electron chi connectivity index (χ4n) is 2.08. The predicted octanol–water partition coefficient (Wildman–Crippen LogP) is 3.12. The molecule has 94 valence electrons. The monoisotopic (exact) mass is 315 g/mol. The molecule has 1 aromatic rings. The highest BCUT2D eigenvalue weighted by atomic mass is 79.9. The average Bonchev–Trinajstić information content (AvgIpc) is 2.96. The fraction of sp³-hybridized carbons (Fsp3) is 0.583. The highest BCUT2D eigenvalue weighted by Crippen LogP contribution is 2.19. The predicted molar refractivity (Wildman–Crippen MR) is 77.6 cm³/mol. The van der Waals surface area contributed by atoms with Crippen LogP contribution in [0, 0.1) is 0 Å². The van der Waals surface area contributed by atoms with Crippen LogP contribution in [0.25, 0.3) is 0 Å². The quantitative estimate of drug-likeness (QED) is 0.664. The molecule has 0 aliphatic heterocycles. The summed E-state index contributed by atoms with van der Waals surface area (Å²) in [5, 5.41) is 8.93. The van der Waals surface area contributed by atoms with Gasteiger partial charge in [-0.2, -0.15) is 0 Å². The number of rotatable bonds is 3. The molecule has 0 atom stereocenters. The first-order chi connectivity index (χ1) is 8.28. The first-order valence-corrected chi connectivity index (χ1v) is 7.65. The van der Waals surface area contributed by atoms with Crippen LogP contribution in [-0.4, -0.2) is 19.0 Å². The molecule has 1 fully saturated rings. The van der Waals surface area contributed by atoms with E-state index in [0.717, 1.165) is 17.0 Å². The van der Waals surface area contributed by atoms with Crippen LogP contribution >= 0.6 is 27.3 Å². The third-order valence-electron chi connectivity index (χ3n) is 2.97. The zero-order chi connectivity index (χ0) is 12.1. The number of nitrogens with zero attached hydrogens (tertiary/aromatic N) is 1. The van der Waals surface area contributed by atoms with Crippen LogP contribution in [0.15, 0.2) is 20.9 Å². The molecule has 1 aromatic heterocycles. The maximum atomic E-state index is 4.26. The summed E-state index contributed by atoms with van der Waals surface area (Å²) in [6.07, 6.45) is 5.22. The van der Waals surface area contributed by atoms with E-state index in [0.29, 0.717) is 6.04 Å². The third-order valence-corrected chi connectivity index (χ3v) is 4.67. The zero-order valence-electron chi connectivity index (χ0n) is 10.0. The summed E-state index contributed by atoms with van der Waals surface area (Å²) < 4.78 is 1.15. The average molecular weight is 316 g/mol. The molecule has 1 aliphatic rings. The second-order valence-electron chi connectivity index (χ2n) is 4.28. The van der Waals surface area contributed by atoms with Gasteiger partial charge in [-0.25, -0.2) is 0 Å². The van der Waals surface area contributed by atoms with Crippen molar-refractivity contribution >= 4 is 33.2 Å². The Labute approximate surface area is 115 Å². The van der Waals surface area contributed by atoms with Gasteiger partial charge in [0.15, 0.2) is 5.96 Å². The minimum atomic E-state index is 0.608. The van der Waals surface area contributed by atoms with Gasteiger partial charge >= 0.3 is 0 Å². The Hall–Kier alpha value is -0.550. The number of nitrogens with one attached hydrogen (secondary N) is 2. The molecule has 0 spiro atoms. The van der Waals surface area contributed by atoms with Crippen molar-refractivity contribution in [2.45, 2.75) is 38.3 Å². The lowest BCUT2D eigenvalue weighted by atomic mass is 10.2. The van der Waals surface area contributed by atoms with Crippen LogP contribution < -0.4 is 10.6 Å². The molecular weight excluding hydrogens is 298 g/mol. The highest BCUT2D eigenvalue weighted by molar-refractivity contribution is 9.10. The molecule has 0 amide bonds. The van der Waals surface area contributed by atoms with Crippen molar-refractivity contribution in [2.75, 3.05) is 7.05 Å². The van der Waals surface area contributed by atoms with E-state index < -0.39 is 0 Å². The molecule has 3 nitrogen and oxygen atoms in total. The summed E-state index contributed by atoms with van der Waals surface area (Å²) in [4.78, 5) is 5.57. The van der Waals surface area contributed by atoms with Gasteiger partial charge < -0.3 is 10.6 Å². The molecule has 17 heavy (non-hydrogen) atoms. The van der Waals surface area contributed by atoms with Crippen LogP contribution in [0.4, 0.5) is 0 Å². The van der Waals surface area contributed by atoms with E-state index in [1.54, 1.807) is 11.3 Å². The van der Waals surface area contributed by atoms with E-state index in [-0.39, 0.29) is 0 Å². The van der Waals surface area contributed by atoms with Crippen molar-refractivity contribution in [1.29, 1.82) is 0 Å². The topological polar surface area (TPSA) is 36.4 Å². The lowest BCUT2D eigenvalue weighted by molar-refractivity contribution is 0.614. The first-order valence-electron chi connectivity index (χ1n) is 5.98. The van der Waals surface area contributed by atoms with E-state index in [2.05, 4.69) is 43.0 Å². The molecule has 0 unspecified atom stereocenters. The molecule has 1 saturated carbocycles. The summed E-state index contributed by atoms with van der Waals surface area (Å²) >= 11 is 5.22. The first kappa shape index (κ1) is 12.9. The maximum absolute atomic E-state index is 4.26. The van der Waals surface area contributed by atoms with Crippen molar-refractivity contribution in [3.05, 3.63) is 20.8 Å². The Morgan fingerprint density at radius 3 is 2.88 bits per heavy atom. The number of hydrogen-bond acceptors (Lipinski definition) is 2. The van der Waals surface area contributed by atoms with Crippen molar-refractivity contribution in [3.8, 4) is 0 Å². The molecule has 1 aliphatic carbocycles. The summed E-state index contributed by atoms with van der Waals surface area (Å²) in [7, 11) is 1.83. The highest BCUT2D eigenvalue weighted by Gasteiger charge is 2.15. The van der Waals surface area contributed by atoms with E-state index in [4.69, 9.17) is 0 Å². The van der Waals surface area contributed by atoms with E-state index in [9.17, 15) is 0 Å². The van der Waals surface area contributed by atoms with Crippen LogP contribution in [0.1, 0.15) is 30.6 Å². The standard InChI is InChI=1S/C12H18BrN3S/c1-14-12(16-10-4-2-3-5-10)15-7-11-6-9(13)8-17-11/h6,8,10H,2-5,7H2,1H3,(H2,14,15,16). The summed E-state index contributed by atoms with van der Waals surface area (Å²) in [5.41, 5.74) is 0. The number of aliphatic imine (C=N–C) groups is 1. The van der Waals surface area contributed by atoms with Gasteiger partial charge in [0.25, 0.3) is 0 Å². The zero-order valence-corrected chi connectivity index (χ0v) is 12.4. The van der Waals surface area contributed by atoms with Gasteiger partial charge in [-0.15, -0.1) is 11.3 Å². The molecular formula is C12H18BrN3S. The lowest BCUT2D eigenvalue weighted by Gasteiger charge is -2.16. The van der Waals surface area contributed by atoms with Crippen LogP contribution in [0.2, 0.25) is 0 Å². The Balaban J connectivity index is 1.79. The summed E-state index contributed by atoms with van der Waals surface area (Å²) in [6, 6.07) is 2.75. The second-order valence-corrected chi connectivity index (χ2v) is 6.19. The number of guanidine groups is 1. The Kier molecular flexibility index (Phi) is 4.86. The van der Waals surface area contributed by atoms with Crippen molar-refractivity contribution < 1.29 is 0 Å². The smallest absolute Gasteiger partial charge is 0.191 e. The molecule has 2 N–H and O–H groups in total. The Bertz CT molecular complexity index is 383. The molecule has 5 heteroatoms. The van der Waals surface area contributed by atoms with Gasteiger partial charge in [-0.3, -0.25) is 4.99 Å².